The van der Waals surface area contributed by atoms with Gasteiger partial charge in [0, 0.05) is 16.1 Å². The van der Waals surface area contributed by atoms with Crippen LogP contribution in [0.5, 0.6) is 0 Å². The fourth-order valence-electron chi connectivity index (χ4n) is 2.04. The summed E-state index contributed by atoms with van der Waals surface area (Å²) in [4.78, 5) is 0. The van der Waals surface area contributed by atoms with Gasteiger partial charge in [-0.3, -0.25) is 0 Å². The van der Waals surface area contributed by atoms with Gasteiger partial charge in [0.05, 0.1) is 5.02 Å². The molecule has 1 aliphatic rings. The van der Waals surface area contributed by atoms with E-state index in [2.05, 4.69) is 15.9 Å². The van der Waals surface area contributed by atoms with Crippen LogP contribution in [-0.4, -0.2) is 0 Å². The van der Waals surface area contributed by atoms with Crippen LogP contribution in [-0.2, 0) is 0 Å². The lowest BCUT2D eigenvalue weighted by Crippen LogP contribution is -2.21. The lowest BCUT2D eigenvalue weighted by molar-refractivity contribution is 0.275. The minimum atomic E-state index is -0.386. The van der Waals surface area contributed by atoms with Crippen LogP contribution in [0.4, 0.5) is 4.39 Å². The summed E-state index contributed by atoms with van der Waals surface area (Å²) in [6.07, 6.45) is 4.58. The van der Waals surface area contributed by atoms with Crippen LogP contribution in [0.1, 0.15) is 37.3 Å². The Bertz CT molecular complexity index is 393. The summed E-state index contributed by atoms with van der Waals surface area (Å²) in [5.74, 6) is 0.277. The summed E-state index contributed by atoms with van der Waals surface area (Å²) in [5, 5.41) is 0.126. The van der Waals surface area contributed by atoms with E-state index in [0.717, 1.165) is 6.42 Å². The Morgan fingerprint density at radius 1 is 1.50 bits per heavy atom. The molecule has 2 rings (SSSR count). The van der Waals surface area contributed by atoms with Crippen LogP contribution in [0.15, 0.2) is 16.6 Å². The van der Waals surface area contributed by atoms with Gasteiger partial charge in [0.25, 0.3) is 0 Å². The summed E-state index contributed by atoms with van der Waals surface area (Å²) in [6, 6.07) is 3.23. The zero-order chi connectivity index (χ0) is 11.7. The number of benzene rings is 1. The maximum Gasteiger partial charge on any atom is 0.147 e. The molecule has 0 aromatic heterocycles. The third-order valence-corrected chi connectivity index (χ3v) is 4.54. The Morgan fingerprint density at radius 2 is 2.19 bits per heavy atom. The Labute approximate surface area is 108 Å². The molecule has 1 unspecified atom stereocenters. The van der Waals surface area contributed by atoms with E-state index in [4.69, 9.17) is 17.3 Å². The van der Waals surface area contributed by atoms with Crippen molar-refractivity contribution < 1.29 is 4.39 Å². The van der Waals surface area contributed by atoms with Gasteiger partial charge in [-0.1, -0.05) is 36.9 Å². The second-order valence-electron chi connectivity index (χ2n) is 4.40. The number of nitrogens with two attached hydrogens (primary N) is 1. The van der Waals surface area contributed by atoms with Crippen molar-refractivity contribution in [3.05, 3.63) is 33.0 Å². The monoisotopic (exact) mass is 305 g/mol. The molecular formula is C12H14BrClFN. The average molecular weight is 307 g/mol. The predicted molar refractivity (Wildman–Crippen MR) is 68.0 cm³/mol. The molecule has 0 amide bonds. The number of halogens is 3. The highest BCUT2D eigenvalue weighted by molar-refractivity contribution is 9.10. The largest absolute Gasteiger partial charge is 0.324 e. The highest BCUT2D eigenvalue weighted by Gasteiger charge is 2.23. The third-order valence-electron chi connectivity index (χ3n) is 3.28. The molecule has 0 heterocycles. The van der Waals surface area contributed by atoms with Gasteiger partial charge >= 0.3 is 0 Å². The first kappa shape index (κ1) is 12.3. The molecule has 16 heavy (non-hydrogen) atoms. The number of hydrogen-bond acceptors (Lipinski definition) is 1. The van der Waals surface area contributed by atoms with Gasteiger partial charge in [-0.2, -0.15) is 0 Å². The second-order valence-corrected chi connectivity index (χ2v) is 5.64. The standard InChI is InChI=1S/C12H14BrClFN/c13-9-5-4-8(12(15)11(9)14)10(16)6-7-2-1-3-7/h4-5,7,10H,1-3,6,16H2. The fourth-order valence-corrected chi connectivity index (χ4v) is 2.52. The molecule has 1 saturated carbocycles. The Hall–Kier alpha value is -0.120. The van der Waals surface area contributed by atoms with Crippen molar-refractivity contribution in [3.63, 3.8) is 0 Å². The predicted octanol–water partition coefficient (Wildman–Crippen LogP) is 4.43. The fraction of sp³-hybridized carbons (Fsp3) is 0.500. The zero-order valence-corrected chi connectivity index (χ0v) is 11.2. The molecule has 2 N–H and O–H groups in total. The molecule has 88 valence electrons. The first-order chi connectivity index (χ1) is 7.59. The van der Waals surface area contributed by atoms with E-state index in [1.165, 1.54) is 19.3 Å². The first-order valence-electron chi connectivity index (χ1n) is 5.48. The lowest BCUT2D eigenvalue weighted by atomic mass is 9.80. The van der Waals surface area contributed by atoms with Crippen LogP contribution in [0.3, 0.4) is 0 Å². The molecule has 1 aromatic carbocycles. The SMILES string of the molecule is NC(CC1CCC1)c1ccc(Br)c(Cl)c1F. The van der Waals surface area contributed by atoms with Gasteiger partial charge in [-0.15, -0.1) is 0 Å². The van der Waals surface area contributed by atoms with E-state index in [0.29, 0.717) is 16.0 Å². The maximum absolute atomic E-state index is 13.8. The molecule has 0 aliphatic heterocycles. The highest BCUT2D eigenvalue weighted by atomic mass is 79.9. The van der Waals surface area contributed by atoms with Crippen molar-refractivity contribution in [2.75, 3.05) is 0 Å². The molecule has 4 heteroatoms. The van der Waals surface area contributed by atoms with Crippen molar-refractivity contribution in [1.82, 2.24) is 0 Å². The van der Waals surface area contributed by atoms with Crippen molar-refractivity contribution in [1.29, 1.82) is 0 Å². The number of rotatable bonds is 3. The van der Waals surface area contributed by atoms with E-state index < -0.39 is 0 Å². The molecule has 1 fully saturated rings. The van der Waals surface area contributed by atoms with E-state index in [1.54, 1.807) is 12.1 Å². The Balaban J connectivity index is 2.15. The summed E-state index contributed by atoms with van der Waals surface area (Å²) in [5.41, 5.74) is 6.54. The summed E-state index contributed by atoms with van der Waals surface area (Å²) in [7, 11) is 0. The molecule has 0 radical (unpaired) electrons. The molecular weight excluding hydrogens is 292 g/mol. The molecule has 1 nitrogen and oxygen atoms in total. The maximum atomic E-state index is 13.8. The molecule has 1 aromatic rings. The smallest absolute Gasteiger partial charge is 0.147 e. The molecule has 0 spiro atoms. The van der Waals surface area contributed by atoms with Gasteiger partial charge in [0.1, 0.15) is 5.82 Å². The summed E-state index contributed by atoms with van der Waals surface area (Å²) < 4.78 is 14.4. The van der Waals surface area contributed by atoms with Crippen LogP contribution in [0.25, 0.3) is 0 Å². The third kappa shape index (κ3) is 2.41. The van der Waals surface area contributed by atoms with Crippen LogP contribution >= 0.6 is 27.5 Å². The van der Waals surface area contributed by atoms with E-state index >= 15 is 0 Å². The van der Waals surface area contributed by atoms with Crippen molar-refractivity contribution in [2.45, 2.75) is 31.7 Å². The molecule has 1 atom stereocenters. The zero-order valence-electron chi connectivity index (χ0n) is 8.85. The summed E-state index contributed by atoms with van der Waals surface area (Å²) in [6.45, 7) is 0. The Morgan fingerprint density at radius 3 is 2.75 bits per heavy atom. The molecule has 1 aliphatic carbocycles. The second kappa shape index (κ2) is 5.03. The minimum Gasteiger partial charge on any atom is -0.324 e. The van der Waals surface area contributed by atoms with Gasteiger partial charge < -0.3 is 5.73 Å². The van der Waals surface area contributed by atoms with Crippen LogP contribution < -0.4 is 5.73 Å². The van der Waals surface area contributed by atoms with Gasteiger partial charge in [-0.25, -0.2) is 4.39 Å². The van der Waals surface area contributed by atoms with Crippen molar-refractivity contribution in [3.8, 4) is 0 Å². The van der Waals surface area contributed by atoms with Crippen molar-refractivity contribution in [2.24, 2.45) is 11.7 Å². The van der Waals surface area contributed by atoms with E-state index in [1.807, 2.05) is 0 Å². The quantitative estimate of drug-likeness (QED) is 0.821. The van der Waals surface area contributed by atoms with Gasteiger partial charge in [0.15, 0.2) is 0 Å². The highest BCUT2D eigenvalue weighted by Crippen LogP contribution is 2.36. The average Bonchev–Trinajstić information content (AvgIpc) is 2.20. The normalized spacial score (nSPS) is 18.2. The Kier molecular flexibility index (Phi) is 3.88. The molecule has 0 bridgehead atoms. The molecule has 0 saturated heterocycles. The summed E-state index contributed by atoms with van der Waals surface area (Å²) >= 11 is 9.03. The van der Waals surface area contributed by atoms with Crippen molar-refractivity contribution >= 4 is 27.5 Å². The lowest BCUT2D eigenvalue weighted by Gasteiger charge is -2.28. The van der Waals surface area contributed by atoms with Crippen LogP contribution in [0.2, 0.25) is 5.02 Å². The topological polar surface area (TPSA) is 26.0 Å². The van der Waals surface area contributed by atoms with E-state index in [9.17, 15) is 4.39 Å². The van der Waals surface area contributed by atoms with Gasteiger partial charge in [0.2, 0.25) is 0 Å². The van der Waals surface area contributed by atoms with E-state index in [-0.39, 0.29) is 16.9 Å². The number of hydrogen-bond donors (Lipinski definition) is 1. The van der Waals surface area contributed by atoms with Crippen LogP contribution in [0, 0.1) is 11.7 Å². The first-order valence-corrected chi connectivity index (χ1v) is 6.65. The minimum absolute atomic E-state index is 0.126. The van der Waals surface area contributed by atoms with Gasteiger partial charge in [-0.05, 0) is 34.3 Å².